The highest BCUT2D eigenvalue weighted by molar-refractivity contribution is 8.00. The van der Waals surface area contributed by atoms with Gasteiger partial charge in [0.1, 0.15) is 0 Å². The maximum Gasteiger partial charge on any atom is 0.240 e. The minimum atomic E-state index is -0.222. The second-order valence-electron chi connectivity index (χ2n) is 3.86. The van der Waals surface area contributed by atoms with Crippen LogP contribution in [0.2, 0.25) is 0 Å². The quantitative estimate of drug-likeness (QED) is 0.789. The minimum Gasteiger partial charge on any atom is -0.392 e. The number of amides is 2. The first-order valence-electron chi connectivity index (χ1n) is 5.39. The number of hydrogen-bond acceptors (Lipinski definition) is 4. The Labute approximate surface area is 103 Å². The van der Waals surface area contributed by atoms with E-state index in [0.29, 0.717) is 12.8 Å². The van der Waals surface area contributed by atoms with E-state index in [0.717, 1.165) is 10.5 Å². The van der Waals surface area contributed by atoms with Crippen molar-refractivity contribution in [3.8, 4) is 0 Å². The summed E-state index contributed by atoms with van der Waals surface area (Å²) in [6.45, 7) is -0.0102. The summed E-state index contributed by atoms with van der Waals surface area (Å²) in [7, 11) is 0. The average Bonchev–Trinajstić information content (AvgIpc) is 2.33. The van der Waals surface area contributed by atoms with E-state index in [1.54, 1.807) is 0 Å². The normalized spacial score (nSPS) is 20.2. The van der Waals surface area contributed by atoms with Gasteiger partial charge in [-0.15, -0.1) is 11.8 Å². The van der Waals surface area contributed by atoms with E-state index in [2.05, 4.69) is 5.32 Å². The van der Waals surface area contributed by atoms with Crippen molar-refractivity contribution in [1.29, 1.82) is 0 Å². The van der Waals surface area contributed by atoms with Crippen molar-refractivity contribution in [2.45, 2.75) is 29.6 Å². The second-order valence-corrected chi connectivity index (χ2v) is 5.14. The zero-order valence-electron chi connectivity index (χ0n) is 9.18. The van der Waals surface area contributed by atoms with Crippen LogP contribution in [0.5, 0.6) is 0 Å². The van der Waals surface area contributed by atoms with Crippen molar-refractivity contribution in [1.82, 2.24) is 5.32 Å². The Morgan fingerprint density at radius 2 is 2.24 bits per heavy atom. The Balaban J connectivity index is 2.05. The fourth-order valence-electron chi connectivity index (χ4n) is 1.67. The van der Waals surface area contributed by atoms with Crippen LogP contribution in [-0.2, 0) is 16.2 Å². The van der Waals surface area contributed by atoms with Crippen molar-refractivity contribution in [2.75, 3.05) is 0 Å². The number of imide groups is 1. The zero-order chi connectivity index (χ0) is 12.3. The molecular weight excluding hydrogens is 238 g/mol. The highest BCUT2D eigenvalue weighted by atomic mass is 32.2. The predicted molar refractivity (Wildman–Crippen MR) is 64.4 cm³/mol. The third-order valence-corrected chi connectivity index (χ3v) is 3.81. The smallest absolute Gasteiger partial charge is 0.240 e. The number of hydrogen-bond donors (Lipinski definition) is 2. The van der Waals surface area contributed by atoms with Gasteiger partial charge in [0.05, 0.1) is 11.9 Å². The number of aliphatic hydroxyl groups excluding tert-OH is 1. The molecule has 0 radical (unpaired) electrons. The minimum absolute atomic E-state index is 0.0102. The molecule has 0 aromatic heterocycles. The van der Waals surface area contributed by atoms with Gasteiger partial charge in [0.2, 0.25) is 11.8 Å². The van der Waals surface area contributed by atoms with Gasteiger partial charge < -0.3 is 5.11 Å². The molecule has 1 aliphatic heterocycles. The SMILES string of the molecule is O=C1CCC(Sc2cccc(CO)c2)C(=O)N1. The van der Waals surface area contributed by atoms with Gasteiger partial charge in [-0.3, -0.25) is 14.9 Å². The predicted octanol–water partition coefficient (Wildman–Crippen LogP) is 1.08. The Kier molecular flexibility index (Phi) is 3.81. The molecule has 2 amide bonds. The molecular formula is C12H13NO3S. The molecule has 0 bridgehead atoms. The molecule has 5 heteroatoms. The first kappa shape index (κ1) is 12.1. The van der Waals surface area contributed by atoms with Crippen LogP contribution in [0.25, 0.3) is 0 Å². The van der Waals surface area contributed by atoms with E-state index in [1.165, 1.54) is 11.8 Å². The summed E-state index contributed by atoms with van der Waals surface area (Å²) < 4.78 is 0. The lowest BCUT2D eigenvalue weighted by Crippen LogP contribution is -2.42. The molecule has 1 unspecified atom stereocenters. The van der Waals surface area contributed by atoms with Crippen LogP contribution >= 0.6 is 11.8 Å². The van der Waals surface area contributed by atoms with Gasteiger partial charge in [-0.05, 0) is 24.1 Å². The number of nitrogens with one attached hydrogen (secondary N) is 1. The topological polar surface area (TPSA) is 66.4 Å². The molecule has 1 saturated heterocycles. The van der Waals surface area contributed by atoms with Crippen molar-refractivity contribution in [3.05, 3.63) is 29.8 Å². The monoisotopic (exact) mass is 251 g/mol. The van der Waals surface area contributed by atoms with Crippen molar-refractivity contribution >= 4 is 23.6 Å². The van der Waals surface area contributed by atoms with Crippen molar-refractivity contribution < 1.29 is 14.7 Å². The number of thioether (sulfide) groups is 1. The number of rotatable bonds is 3. The first-order valence-corrected chi connectivity index (χ1v) is 6.27. The first-order chi connectivity index (χ1) is 8.19. The van der Waals surface area contributed by atoms with Crippen LogP contribution in [-0.4, -0.2) is 22.2 Å². The molecule has 0 saturated carbocycles. The van der Waals surface area contributed by atoms with E-state index in [4.69, 9.17) is 5.11 Å². The Hall–Kier alpha value is -1.33. The van der Waals surface area contributed by atoms with Crippen molar-refractivity contribution in [3.63, 3.8) is 0 Å². The summed E-state index contributed by atoms with van der Waals surface area (Å²) in [5, 5.41) is 11.1. The van der Waals surface area contributed by atoms with Crippen molar-refractivity contribution in [2.24, 2.45) is 0 Å². The molecule has 17 heavy (non-hydrogen) atoms. The maximum atomic E-state index is 11.6. The largest absolute Gasteiger partial charge is 0.392 e. The molecule has 1 aromatic rings. The van der Waals surface area contributed by atoms with Gasteiger partial charge in [-0.2, -0.15) is 0 Å². The molecule has 1 fully saturated rings. The summed E-state index contributed by atoms with van der Waals surface area (Å²) in [6, 6.07) is 7.43. The van der Waals surface area contributed by atoms with Gasteiger partial charge in [-0.1, -0.05) is 12.1 Å². The molecule has 4 nitrogen and oxygen atoms in total. The van der Waals surface area contributed by atoms with E-state index < -0.39 is 0 Å². The lowest BCUT2D eigenvalue weighted by molar-refractivity contribution is -0.132. The molecule has 1 aliphatic rings. The van der Waals surface area contributed by atoms with Crippen LogP contribution in [0.3, 0.4) is 0 Å². The summed E-state index contributed by atoms with van der Waals surface area (Å²) >= 11 is 1.43. The second kappa shape index (κ2) is 5.33. The van der Waals surface area contributed by atoms with Gasteiger partial charge in [0.25, 0.3) is 0 Å². The Bertz CT molecular complexity index is 447. The number of carbonyl (C=O) groups is 2. The number of benzene rings is 1. The number of aliphatic hydroxyl groups is 1. The summed E-state index contributed by atoms with van der Waals surface area (Å²) in [6.07, 6.45) is 0.960. The molecule has 1 aromatic carbocycles. The third-order valence-electron chi connectivity index (χ3n) is 2.55. The van der Waals surface area contributed by atoms with Crippen LogP contribution < -0.4 is 5.32 Å². The molecule has 2 rings (SSSR count). The highest BCUT2D eigenvalue weighted by Gasteiger charge is 2.27. The average molecular weight is 251 g/mol. The number of piperidine rings is 1. The van der Waals surface area contributed by atoms with E-state index in [1.807, 2.05) is 24.3 Å². The van der Waals surface area contributed by atoms with Gasteiger partial charge in [0, 0.05) is 11.3 Å². The molecule has 2 N–H and O–H groups in total. The lowest BCUT2D eigenvalue weighted by Gasteiger charge is -2.20. The van der Waals surface area contributed by atoms with Gasteiger partial charge in [0.15, 0.2) is 0 Å². The fourth-order valence-corrected chi connectivity index (χ4v) is 2.77. The summed E-state index contributed by atoms with van der Waals surface area (Å²) in [5.41, 5.74) is 0.822. The molecule has 1 heterocycles. The summed E-state index contributed by atoms with van der Waals surface area (Å²) in [5.74, 6) is -0.420. The van der Waals surface area contributed by atoms with Crippen LogP contribution in [0.4, 0.5) is 0 Å². The number of carbonyl (C=O) groups excluding carboxylic acids is 2. The van der Waals surface area contributed by atoms with E-state index in [9.17, 15) is 9.59 Å². The highest BCUT2D eigenvalue weighted by Crippen LogP contribution is 2.28. The Morgan fingerprint density at radius 3 is 2.94 bits per heavy atom. The standard InChI is InChI=1S/C12H13NO3S/c14-7-8-2-1-3-9(6-8)17-10-4-5-11(15)13-12(10)16/h1-3,6,10,14H,4-5,7H2,(H,13,15,16). The van der Waals surface area contributed by atoms with Crippen LogP contribution in [0.15, 0.2) is 29.2 Å². The maximum absolute atomic E-state index is 11.6. The molecule has 1 atom stereocenters. The van der Waals surface area contributed by atoms with E-state index >= 15 is 0 Å². The third kappa shape index (κ3) is 3.08. The van der Waals surface area contributed by atoms with Crippen LogP contribution in [0.1, 0.15) is 18.4 Å². The van der Waals surface area contributed by atoms with E-state index in [-0.39, 0.29) is 23.7 Å². The molecule has 0 spiro atoms. The molecule has 90 valence electrons. The Morgan fingerprint density at radius 1 is 1.41 bits per heavy atom. The van der Waals surface area contributed by atoms with Crippen LogP contribution in [0, 0.1) is 0 Å². The lowest BCUT2D eigenvalue weighted by atomic mass is 10.1. The molecule has 0 aliphatic carbocycles. The fraction of sp³-hybridized carbons (Fsp3) is 0.333. The van der Waals surface area contributed by atoms with Gasteiger partial charge >= 0.3 is 0 Å². The zero-order valence-corrected chi connectivity index (χ0v) is 10.00. The van der Waals surface area contributed by atoms with Gasteiger partial charge in [-0.25, -0.2) is 0 Å². The summed E-state index contributed by atoms with van der Waals surface area (Å²) in [4.78, 5) is 23.5.